The number of aryl methyl sites for hydroxylation is 4. The lowest BCUT2D eigenvalue weighted by atomic mass is 10.1. The molecule has 4 rings (SSSR count). The summed E-state index contributed by atoms with van der Waals surface area (Å²) in [6.45, 7) is 8.60. The van der Waals surface area contributed by atoms with E-state index < -0.39 is 0 Å². The Morgan fingerprint density at radius 2 is 2.09 bits per heavy atom. The molecule has 0 aliphatic carbocycles. The van der Waals surface area contributed by atoms with Crippen molar-refractivity contribution in [2.75, 3.05) is 18.8 Å². The minimum atomic E-state index is -0.217. The first-order valence-corrected chi connectivity index (χ1v) is 12.5. The number of carbonyl (C=O) groups excluding carboxylic acids is 2. The monoisotopic (exact) mass is 470 g/mol. The van der Waals surface area contributed by atoms with E-state index in [0.717, 1.165) is 26.8 Å². The fraction of sp³-hybridized carbons (Fsp3) is 0.391. The smallest absolute Gasteiger partial charge is 0.274 e. The topological polar surface area (TPSA) is 88.3 Å². The Morgan fingerprint density at radius 1 is 1.28 bits per heavy atom. The Bertz CT molecular complexity index is 1150. The molecule has 1 N–H and O–H groups in total. The summed E-state index contributed by atoms with van der Waals surface area (Å²) in [6.07, 6.45) is 0.619. The molecule has 1 unspecified atom stereocenters. The third-order valence-corrected chi connectivity index (χ3v) is 7.64. The average molecular weight is 471 g/mol. The minimum Gasteiger partial charge on any atom is -0.361 e. The van der Waals surface area contributed by atoms with Crippen LogP contribution < -0.4 is 5.32 Å². The first-order valence-electron chi connectivity index (χ1n) is 10.6. The summed E-state index contributed by atoms with van der Waals surface area (Å²) >= 11 is 3.20. The van der Waals surface area contributed by atoms with Crippen molar-refractivity contribution in [3.8, 4) is 10.4 Å². The van der Waals surface area contributed by atoms with E-state index >= 15 is 0 Å². The zero-order valence-electron chi connectivity index (χ0n) is 18.6. The molecule has 9 heteroatoms. The Morgan fingerprint density at radius 3 is 2.84 bits per heavy atom. The minimum absolute atomic E-state index is 0.0921. The summed E-state index contributed by atoms with van der Waals surface area (Å²) in [6, 6.07) is 8.12. The number of benzene rings is 1. The van der Waals surface area contributed by atoms with E-state index in [1.165, 1.54) is 11.3 Å². The SMILES string of the molecule is CCc1noc(C)c1C(=O)NCC1SCCN1C(=O)c1nc(C)sc1-c1cccc(C)c1. The Hall–Kier alpha value is -2.65. The molecule has 3 aromatic rings. The Balaban J connectivity index is 1.51. The van der Waals surface area contributed by atoms with Gasteiger partial charge in [-0.05, 0) is 32.8 Å². The van der Waals surface area contributed by atoms with Gasteiger partial charge >= 0.3 is 0 Å². The number of rotatable bonds is 6. The second-order valence-corrected chi connectivity index (χ2v) is 10.2. The van der Waals surface area contributed by atoms with Gasteiger partial charge in [0, 0.05) is 18.8 Å². The van der Waals surface area contributed by atoms with Crippen LogP contribution in [0.3, 0.4) is 0 Å². The summed E-state index contributed by atoms with van der Waals surface area (Å²) in [7, 11) is 0. The van der Waals surface area contributed by atoms with Gasteiger partial charge in [-0.1, -0.05) is 41.9 Å². The highest BCUT2D eigenvalue weighted by Gasteiger charge is 2.33. The summed E-state index contributed by atoms with van der Waals surface area (Å²) in [4.78, 5) is 33.5. The van der Waals surface area contributed by atoms with Crippen LogP contribution in [-0.4, -0.2) is 51.1 Å². The number of amides is 2. The van der Waals surface area contributed by atoms with Crippen LogP contribution in [0.25, 0.3) is 10.4 Å². The third kappa shape index (κ3) is 4.45. The molecule has 2 aromatic heterocycles. The molecule has 168 valence electrons. The zero-order valence-corrected chi connectivity index (χ0v) is 20.2. The molecule has 1 aliphatic heterocycles. The van der Waals surface area contributed by atoms with Crippen molar-refractivity contribution in [1.29, 1.82) is 0 Å². The highest BCUT2D eigenvalue weighted by molar-refractivity contribution is 8.00. The normalized spacial score (nSPS) is 15.9. The van der Waals surface area contributed by atoms with E-state index in [0.29, 0.717) is 42.2 Å². The van der Waals surface area contributed by atoms with E-state index in [1.807, 2.05) is 43.9 Å². The molecule has 0 saturated carbocycles. The molecule has 0 spiro atoms. The summed E-state index contributed by atoms with van der Waals surface area (Å²) in [5, 5.41) is 7.63. The highest BCUT2D eigenvalue weighted by atomic mass is 32.2. The summed E-state index contributed by atoms with van der Waals surface area (Å²) < 4.78 is 5.17. The molecule has 1 aromatic carbocycles. The lowest BCUT2D eigenvalue weighted by molar-refractivity contribution is 0.0746. The van der Waals surface area contributed by atoms with Gasteiger partial charge in [0.05, 0.1) is 21.0 Å². The van der Waals surface area contributed by atoms with E-state index in [9.17, 15) is 9.59 Å². The van der Waals surface area contributed by atoms with Crippen molar-refractivity contribution >= 4 is 34.9 Å². The molecular weight excluding hydrogens is 444 g/mol. The fourth-order valence-corrected chi connectivity index (χ4v) is 5.89. The number of nitrogens with one attached hydrogen (secondary N) is 1. The number of hydrogen-bond donors (Lipinski definition) is 1. The van der Waals surface area contributed by atoms with E-state index in [4.69, 9.17) is 4.52 Å². The van der Waals surface area contributed by atoms with E-state index in [1.54, 1.807) is 18.7 Å². The van der Waals surface area contributed by atoms with Crippen molar-refractivity contribution in [2.24, 2.45) is 0 Å². The first kappa shape index (κ1) is 22.5. The molecule has 7 nitrogen and oxygen atoms in total. The maximum atomic E-state index is 13.5. The molecule has 1 aliphatic rings. The Labute approximate surface area is 195 Å². The lowest BCUT2D eigenvalue weighted by Crippen LogP contribution is -2.42. The van der Waals surface area contributed by atoms with Gasteiger partial charge in [-0.25, -0.2) is 4.98 Å². The van der Waals surface area contributed by atoms with Crippen molar-refractivity contribution in [3.05, 3.63) is 57.5 Å². The number of nitrogens with zero attached hydrogens (tertiary/aromatic N) is 3. The number of hydrogen-bond acceptors (Lipinski definition) is 7. The van der Waals surface area contributed by atoms with Crippen LogP contribution in [0.15, 0.2) is 28.8 Å². The van der Waals surface area contributed by atoms with Crippen molar-refractivity contribution < 1.29 is 14.1 Å². The first-order chi connectivity index (χ1) is 15.4. The second kappa shape index (κ2) is 9.46. The van der Waals surface area contributed by atoms with Gasteiger partial charge in [-0.3, -0.25) is 9.59 Å². The maximum Gasteiger partial charge on any atom is 0.274 e. The predicted molar refractivity (Wildman–Crippen MR) is 127 cm³/mol. The molecular formula is C23H26N4O3S2. The number of carbonyl (C=O) groups is 2. The average Bonchev–Trinajstić information content (AvgIpc) is 3.49. The van der Waals surface area contributed by atoms with Gasteiger partial charge in [0.1, 0.15) is 17.0 Å². The van der Waals surface area contributed by atoms with Gasteiger partial charge in [-0.15, -0.1) is 23.1 Å². The lowest BCUT2D eigenvalue weighted by Gasteiger charge is -2.23. The van der Waals surface area contributed by atoms with Crippen LogP contribution in [-0.2, 0) is 6.42 Å². The van der Waals surface area contributed by atoms with Crippen LogP contribution >= 0.6 is 23.1 Å². The number of aromatic nitrogens is 2. The van der Waals surface area contributed by atoms with Gasteiger partial charge < -0.3 is 14.7 Å². The predicted octanol–water partition coefficient (Wildman–Crippen LogP) is 4.23. The molecule has 2 amide bonds. The van der Waals surface area contributed by atoms with Crippen LogP contribution in [0, 0.1) is 20.8 Å². The number of thiazole rings is 1. The van der Waals surface area contributed by atoms with Gasteiger partial charge in [0.15, 0.2) is 0 Å². The largest absolute Gasteiger partial charge is 0.361 e. The van der Waals surface area contributed by atoms with Crippen LogP contribution in [0.4, 0.5) is 0 Å². The summed E-state index contributed by atoms with van der Waals surface area (Å²) in [5.74, 6) is 1.02. The zero-order chi connectivity index (χ0) is 22.8. The molecule has 32 heavy (non-hydrogen) atoms. The van der Waals surface area contributed by atoms with Crippen LogP contribution in [0.2, 0.25) is 0 Å². The van der Waals surface area contributed by atoms with Gasteiger partial charge in [0.2, 0.25) is 0 Å². The second-order valence-electron chi connectivity index (χ2n) is 7.73. The molecule has 1 atom stereocenters. The molecule has 0 radical (unpaired) electrons. The van der Waals surface area contributed by atoms with Gasteiger partial charge in [0.25, 0.3) is 11.8 Å². The van der Waals surface area contributed by atoms with Crippen molar-refractivity contribution in [1.82, 2.24) is 20.4 Å². The van der Waals surface area contributed by atoms with Crippen LogP contribution in [0.5, 0.6) is 0 Å². The van der Waals surface area contributed by atoms with Gasteiger partial charge in [-0.2, -0.15) is 0 Å². The third-order valence-electron chi connectivity index (χ3n) is 5.40. The molecule has 1 saturated heterocycles. The highest BCUT2D eigenvalue weighted by Crippen LogP contribution is 2.33. The maximum absolute atomic E-state index is 13.5. The van der Waals surface area contributed by atoms with E-state index in [-0.39, 0.29) is 17.2 Å². The quantitative estimate of drug-likeness (QED) is 0.580. The van der Waals surface area contributed by atoms with Crippen molar-refractivity contribution in [2.45, 2.75) is 39.5 Å². The van der Waals surface area contributed by atoms with Crippen molar-refractivity contribution in [3.63, 3.8) is 0 Å². The molecule has 0 bridgehead atoms. The molecule has 1 fully saturated rings. The fourth-order valence-electron chi connectivity index (χ4n) is 3.83. The van der Waals surface area contributed by atoms with E-state index in [2.05, 4.69) is 21.5 Å². The standard InChI is InChI=1S/C23H26N4O3S2/c1-5-17-19(14(3)30-26-17)22(28)24-12-18-27(9-10-31-18)23(29)20-21(32-15(4)25-20)16-8-6-7-13(2)11-16/h6-8,11,18H,5,9-10,12H2,1-4H3,(H,24,28). The van der Waals surface area contributed by atoms with Crippen LogP contribution in [0.1, 0.15) is 49.8 Å². The number of thioether (sulfide) groups is 1. The Kier molecular flexibility index (Phi) is 6.66. The molecule has 3 heterocycles. The summed E-state index contributed by atoms with van der Waals surface area (Å²) in [5.41, 5.74) is 3.77.